The lowest BCUT2D eigenvalue weighted by Gasteiger charge is -2.10. The summed E-state index contributed by atoms with van der Waals surface area (Å²) in [4.78, 5) is 46.0. The molecule has 2 rings (SSSR count). The van der Waals surface area contributed by atoms with Gasteiger partial charge in [0.25, 0.3) is 17.5 Å². The number of nitrogens with zero attached hydrogens (tertiary/aromatic N) is 1. The fourth-order valence-electron chi connectivity index (χ4n) is 2.27. The standard InChI is InChI=1S/C18H17N5O5/c1-11(24)20-14-8-6-12(7-9-14)17(25)21-15(18(26)22-19)10-13-4-2-3-5-16(13)23(27)28/h2-10H,19H2,1H3,(H,20,24)(H,21,25)(H,22,26)/b15-10-. The smallest absolute Gasteiger partial charge is 0.281 e. The Labute approximate surface area is 159 Å². The van der Waals surface area contributed by atoms with Crippen molar-refractivity contribution < 1.29 is 19.3 Å². The van der Waals surface area contributed by atoms with Gasteiger partial charge in [-0.1, -0.05) is 12.1 Å². The van der Waals surface area contributed by atoms with Crippen LogP contribution in [0.15, 0.2) is 54.2 Å². The topological polar surface area (TPSA) is 156 Å². The van der Waals surface area contributed by atoms with Crippen molar-refractivity contribution in [3.8, 4) is 0 Å². The van der Waals surface area contributed by atoms with E-state index in [2.05, 4.69) is 10.6 Å². The molecule has 10 heteroatoms. The van der Waals surface area contributed by atoms with Gasteiger partial charge in [0.05, 0.1) is 10.5 Å². The van der Waals surface area contributed by atoms with E-state index in [-0.39, 0.29) is 28.4 Å². The molecule has 28 heavy (non-hydrogen) atoms. The molecule has 0 aliphatic rings. The molecule has 3 amide bonds. The molecule has 0 bridgehead atoms. The van der Waals surface area contributed by atoms with Gasteiger partial charge >= 0.3 is 0 Å². The van der Waals surface area contributed by atoms with E-state index in [1.807, 2.05) is 5.43 Å². The van der Waals surface area contributed by atoms with Crippen molar-refractivity contribution in [2.45, 2.75) is 6.92 Å². The predicted octanol–water partition coefficient (Wildman–Crippen LogP) is 1.31. The lowest BCUT2D eigenvalue weighted by atomic mass is 10.1. The first-order valence-corrected chi connectivity index (χ1v) is 7.97. The van der Waals surface area contributed by atoms with Gasteiger partial charge in [0.2, 0.25) is 5.91 Å². The lowest BCUT2D eigenvalue weighted by molar-refractivity contribution is -0.385. The number of nitrogens with two attached hydrogens (primary N) is 1. The Morgan fingerprint density at radius 2 is 1.71 bits per heavy atom. The SMILES string of the molecule is CC(=O)Nc1ccc(C(=O)N/C(=C\c2ccccc2[N+](=O)[O-])C(=O)NN)cc1. The largest absolute Gasteiger partial charge is 0.326 e. The van der Waals surface area contributed by atoms with Crippen LogP contribution in [0.2, 0.25) is 0 Å². The molecule has 0 aliphatic heterocycles. The summed E-state index contributed by atoms with van der Waals surface area (Å²) in [5.41, 5.74) is 2.19. The Kier molecular flexibility index (Phi) is 6.55. The van der Waals surface area contributed by atoms with E-state index in [0.717, 1.165) is 6.08 Å². The van der Waals surface area contributed by atoms with Crippen molar-refractivity contribution in [2.24, 2.45) is 5.84 Å². The highest BCUT2D eigenvalue weighted by Gasteiger charge is 2.17. The van der Waals surface area contributed by atoms with Gasteiger partial charge in [-0.25, -0.2) is 5.84 Å². The maximum absolute atomic E-state index is 12.4. The zero-order valence-electron chi connectivity index (χ0n) is 14.8. The van der Waals surface area contributed by atoms with Crippen LogP contribution in [0.3, 0.4) is 0 Å². The molecule has 5 N–H and O–H groups in total. The summed E-state index contributed by atoms with van der Waals surface area (Å²) in [5, 5.41) is 16.1. The van der Waals surface area contributed by atoms with Crippen LogP contribution in [0.25, 0.3) is 6.08 Å². The van der Waals surface area contributed by atoms with Gasteiger partial charge in [0.15, 0.2) is 0 Å². The number of hydrazine groups is 1. The Hall–Kier alpha value is -4.05. The molecule has 2 aromatic rings. The van der Waals surface area contributed by atoms with Gasteiger partial charge in [-0.3, -0.25) is 29.9 Å². The summed E-state index contributed by atoms with van der Waals surface area (Å²) in [6.07, 6.45) is 1.16. The van der Waals surface area contributed by atoms with E-state index in [1.54, 1.807) is 6.07 Å². The number of nitrogens with one attached hydrogen (secondary N) is 3. The zero-order chi connectivity index (χ0) is 20.7. The lowest BCUT2D eigenvalue weighted by Crippen LogP contribution is -2.38. The second kappa shape index (κ2) is 9.05. The van der Waals surface area contributed by atoms with E-state index in [1.165, 1.54) is 49.4 Å². The van der Waals surface area contributed by atoms with Gasteiger partial charge in [-0.05, 0) is 36.4 Å². The molecule has 0 unspecified atom stereocenters. The minimum atomic E-state index is -0.832. The van der Waals surface area contributed by atoms with Crippen LogP contribution in [-0.2, 0) is 9.59 Å². The summed E-state index contributed by atoms with van der Waals surface area (Å²) in [5.74, 6) is 3.41. The van der Waals surface area contributed by atoms with Crippen LogP contribution in [0.5, 0.6) is 0 Å². The third kappa shape index (κ3) is 5.22. The normalized spacial score (nSPS) is 10.7. The first kappa shape index (κ1) is 20.3. The number of rotatable bonds is 6. The number of hydrogen-bond acceptors (Lipinski definition) is 6. The van der Waals surface area contributed by atoms with E-state index >= 15 is 0 Å². The number of hydrogen-bond donors (Lipinski definition) is 4. The molecular weight excluding hydrogens is 366 g/mol. The van der Waals surface area contributed by atoms with Crippen LogP contribution in [0.4, 0.5) is 11.4 Å². The van der Waals surface area contributed by atoms with Crippen LogP contribution in [-0.4, -0.2) is 22.6 Å². The zero-order valence-corrected chi connectivity index (χ0v) is 14.8. The van der Waals surface area contributed by atoms with Gasteiger partial charge in [0.1, 0.15) is 5.70 Å². The molecular formula is C18H17N5O5. The first-order chi connectivity index (χ1) is 13.3. The average Bonchev–Trinajstić information content (AvgIpc) is 2.67. The molecule has 0 aliphatic carbocycles. The Bertz CT molecular complexity index is 953. The third-order valence-corrected chi connectivity index (χ3v) is 3.52. The molecule has 0 saturated carbocycles. The number of anilines is 1. The maximum atomic E-state index is 12.4. The second-order valence-corrected chi connectivity index (χ2v) is 5.56. The Balaban J connectivity index is 2.30. The summed E-state index contributed by atoms with van der Waals surface area (Å²) in [6.45, 7) is 1.35. The fraction of sp³-hybridized carbons (Fsp3) is 0.0556. The molecule has 144 valence electrons. The van der Waals surface area contributed by atoms with Crippen molar-refractivity contribution in [3.63, 3.8) is 0 Å². The van der Waals surface area contributed by atoms with Gasteiger partial charge in [0, 0.05) is 24.2 Å². The molecule has 0 fully saturated rings. The number of nitro benzene ring substituents is 1. The van der Waals surface area contributed by atoms with Crippen LogP contribution in [0.1, 0.15) is 22.8 Å². The minimum absolute atomic E-state index is 0.118. The number of carbonyl (C=O) groups excluding carboxylic acids is 3. The molecule has 0 heterocycles. The highest BCUT2D eigenvalue weighted by Crippen LogP contribution is 2.20. The van der Waals surface area contributed by atoms with Crippen LogP contribution >= 0.6 is 0 Å². The molecule has 0 saturated heterocycles. The van der Waals surface area contributed by atoms with E-state index in [0.29, 0.717) is 5.69 Å². The van der Waals surface area contributed by atoms with Crippen molar-refractivity contribution in [3.05, 3.63) is 75.5 Å². The summed E-state index contributed by atoms with van der Waals surface area (Å²) in [7, 11) is 0. The summed E-state index contributed by atoms with van der Waals surface area (Å²) >= 11 is 0. The van der Waals surface area contributed by atoms with E-state index in [9.17, 15) is 24.5 Å². The van der Waals surface area contributed by atoms with E-state index < -0.39 is 16.7 Å². The quantitative estimate of drug-likeness (QED) is 0.194. The maximum Gasteiger partial charge on any atom is 0.281 e. The summed E-state index contributed by atoms with van der Waals surface area (Å²) in [6, 6.07) is 11.7. The molecule has 0 atom stereocenters. The molecule has 10 nitrogen and oxygen atoms in total. The minimum Gasteiger partial charge on any atom is -0.326 e. The number of amides is 3. The molecule has 2 aromatic carbocycles. The monoisotopic (exact) mass is 383 g/mol. The first-order valence-electron chi connectivity index (χ1n) is 7.97. The fourth-order valence-corrected chi connectivity index (χ4v) is 2.27. The third-order valence-electron chi connectivity index (χ3n) is 3.52. The van der Waals surface area contributed by atoms with Crippen LogP contribution in [0, 0.1) is 10.1 Å². The van der Waals surface area contributed by atoms with Crippen molar-refractivity contribution >= 4 is 35.2 Å². The average molecular weight is 383 g/mol. The highest BCUT2D eigenvalue weighted by molar-refractivity contribution is 6.05. The Morgan fingerprint density at radius 3 is 2.29 bits per heavy atom. The number of nitro groups is 1. The number of carbonyl (C=O) groups is 3. The van der Waals surface area contributed by atoms with Gasteiger partial charge in [-0.15, -0.1) is 0 Å². The van der Waals surface area contributed by atoms with Gasteiger partial charge in [-0.2, -0.15) is 0 Å². The number of benzene rings is 2. The molecule has 0 radical (unpaired) electrons. The second-order valence-electron chi connectivity index (χ2n) is 5.56. The molecule has 0 spiro atoms. The predicted molar refractivity (Wildman–Crippen MR) is 102 cm³/mol. The van der Waals surface area contributed by atoms with Crippen molar-refractivity contribution in [1.82, 2.24) is 10.7 Å². The van der Waals surface area contributed by atoms with Crippen molar-refractivity contribution in [1.29, 1.82) is 0 Å². The van der Waals surface area contributed by atoms with Crippen LogP contribution < -0.4 is 21.9 Å². The Morgan fingerprint density at radius 1 is 1.07 bits per heavy atom. The van der Waals surface area contributed by atoms with Gasteiger partial charge < -0.3 is 10.6 Å². The van der Waals surface area contributed by atoms with E-state index in [4.69, 9.17) is 5.84 Å². The number of para-hydroxylation sites is 1. The van der Waals surface area contributed by atoms with Crippen molar-refractivity contribution in [2.75, 3.05) is 5.32 Å². The summed E-state index contributed by atoms with van der Waals surface area (Å²) < 4.78 is 0. The highest BCUT2D eigenvalue weighted by atomic mass is 16.6. The molecule has 0 aromatic heterocycles.